The van der Waals surface area contributed by atoms with Crippen LogP contribution in [0.3, 0.4) is 0 Å². The molecule has 0 aliphatic carbocycles. The van der Waals surface area contributed by atoms with Crippen LogP contribution in [-0.4, -0.2) is 66.5 Å². The van der Waals surface area contributed by atoms with Crippen molar-refractivity contribution < 1.29 is 36.1 Å². The molecule has 0 aliphatic rings. The molecule has 0 spiro atoms. The minimum Gasteiger partial charge on any atom is -0.759 e. The molecule has 0 N–H and O–H groups in total. The summed E-state index contributed by atoms with van der Waals surface area (Å²) < 4.78 is 35.0. The van der Waals surface area contributed by atoms with E-state index in [1.54, 1.807) is 0 Å². The van der Waals surface area contributed by atoms with E-state index in [0.717, 1.165) is 38.8 Å². The van der Waals surface area contributed by atoms with E-state index in [-0.39, 0.29) is 0 Å². The summed E-state index contributed by atoms with van der Waals surface area (Å²) in [6.45, 7) is 6.15. The summed E-state index contributed by atoms with van der Waals surface area (Å²) in [4.78, 5) is 25.2. The third kappa shape index (κ3) is 40.8. The maximum atomic E-state index is 12.6. The van der Waals surface area contributed by atoms with Crippen LogP contribution in [0.5, 0.6) is 0 Å². The molecule has 0 aromatic heterocycles. The molecule has 9 heteroatoms. The molecule has 8 nitrogen and oxygen atoms in total. The maximum Gasteiger partial charge on any atom is 0.313 e. The molecule has 2 aromatic carbocycles. The molecule has 0 aliphatic heterocycles. The van der Waals surface area contributed by atoms with Crippen LogP contribution in [-0.2, 0) is 33.1 Å². The zero-order valence-corrected chi connectivity index (χ0v) is 42.4. The molecule has 0 bridgehead atoms. The Morgan fingerprint density at radius 1 is 0.381 bits per heavy atom. The summed E-state index contributed by atoms with van der Waals surface area (Å²) in [5.41, 5.74) is 2.48. The van der Waals surface area contributed by atoms with Crippen LogP contribution >= 0.6 is 0 Å². The van der Waals surface area contributed by atoms with Crippen molar-refractivity contribution in [2.24, 2.45) is 0 Å². The molecule has 0 atom stereocenters. The van der Waals surface area contributed by atoms with Gasteiger partial charge in [-0.15, -0.1) is 0 Å². The highest BCUT2D eigenvalue weighted by Crippen LogP contribution is 2.18. The van der Waals surface area contributed by atoms with Crippen LogP contribution in [0.1, 0.15) is 230 Å². The first-order valence-electron chi connectivity index (χ1n) is 25.6. The Labute approximate surface area is 389 Å². The van der Waals surface area contributed by atoms with Crippen molar-refractivity contribution in [3.8, 4) is 0 Å². The quantitative estimate of drug-likeness (QED) is 0.0291. The highest BCUT2D eigenvalue weighted by molar-refractivity contribution is 7.79. The van der Waals surface area contributed by atoms with Crippen LogP contribution in [0.25, 0.3) is 0 Å². The van der Waals surface area contributed by atoms with Gasteiger partial charge in [0.15, 0.2) is 0 Å². The second-order valence-corrected chi connectivity index (χ2v) is 20.1. The van der Waals surface area contributed by atoms with Crippen molar-refractivity contribution >= 4 is 22.2 Å². The van der Waals surface area contributed by atoms with Crippen LogP contribution in [0.4, 0.5) is 0 Å². The number of benzene rings is 2. The maximum absolute atomic E-state index is 12.6. The summed E-state index contributed by atoms with van der Waals surface area (Å²) in [6, 6.07) is 20.7. The summed E-state index contributed by atoms with van der Waals surface area (Å²) in [5.74, 6) is 0.729. The van der Waals surface area contributed by atoms with Gasteiger partial charge in [-0.1, -0.05) is 254 Å². The summed E-state index contributed by atoms with van der Waals surface area (Å²) >= 11 is 0. The first-order valence-corrected chi connectivity index (χ1v) is 26.9. The average Bonchev–Trinajstić information content (AvgIpc) is 3.23. The van der Waals surface area contributed by atoms with Gasteiger partial charge in [-0.25, -0.2) is 9.59 Å². The van der Waals surface area contributed by atoms with E-state index >= 15 is 0 Å². The van der Waals surface area contributed by atoms with E-state index in [1.165, 1.54) is 191 Å². The van der Waals surface area contributed by atoms with Gasteiger partial charge in [0.25, 0.3) is 0 Å². The average molecular weight is 901 g/mol. The normalized spacial score (nSPS) is 11.7. The monoisotopic (exact) mass is 901 g/mol. The minimum absolute atomic E-state index is 0.364. The summed E-state index contributed by atoms with van der Waals surface area (Å²) in [7, 11) is 3.00. The van der Waals surface area contributed by atoms with Crippen LogP contribution in [0, 0.1) is 0 Å². The number of amides is 2. The summed E-state index contributed by atoms with van der Waals surface area (Å²) in [5, 5.41) is 0. The van der Waals surface area contributed by atoms with E-state index < -0.39 is 10.4 Å². The third-order valence-electron chi connectivity index (χ3n) is 12.2. The predicted molar refractivity (Wildman–Crippen MR) is 264 cm³/mol. The molecular weight excluding hydrogens is 805 g/mol. The topological polar surface area (TPSA) is 114 Å². The van der Waals surface area contributed by atoms with Crippen molar-refractivity contribution in [3.05, 3.63) is 71.8 Å². The highest BCUT2D eigenvalue weighted by Gasteiger charge is 2.26. The smallest absolute Gasteiger partial charge is 0.313 e. The molecule has 2 amide bonds. The second-order valence-electron chi connectivity index (χ2n) is 19.3. The molecule has 0 saturated carbocycles. The molecule has 0 radical (unpaired) electrons. The lowest BCUT2D eigenvalue weighted by Crippen LogP contribution is -2.44. The fourth-order valence-corrected chi connectivity index (χ4v) is 8.16. The van der Waals surface area contributed by atoms with Crippen molar-refractivity contribution in [2.75, 3.05) is 28.2 Å². The lowest BCUT2D eigenvalue weighted by Gasteiger charge is -2.27. The van der Waals surface area contributed by atoms with Gasteiger partial charge in [-0.05, 0) is 12.8 Å². The van der Waals surface area contributed by atoms with E-state index in [9.17, 15) is 9.59 Å². The molecule has 0 unspecified atom stereocenters. The van der Waals surface area contributed by atoms with Gasteiger partial charge in [-0.2, -0.15) is 0 Å². The number of hydrogen-bond donors (Lipinski definition) is 0. The molecule has 2 aromatic rings. The first-order chi connectivity index (χ1) is 30.1. The first kappa shape index (κ1) is 60.6. The van der Waals surface area contributed by atoms with E-state index in [0.29, 0.717) is 20.8 Å². The van der Waals surface area contributed by atoms with E-state index in [4.69, 9.17) is 17.5 Å². The number of rotatable bonds is 36. The highest BCUT2D eigenvalue weighted by atomic mass is 32.3. The number of nitrogens with zero attached hydrogens (tertiary/aromatic N) is 2. The number of carbonyl (C=O) groups excluding carboxylic acids is 2. The summed E-state index contributed by atoms with van der Waals surface area (Å²) in [6.07, 6.45) is 42.4. The number of unbranched alkanes of at least 4 members (excludes halogenated alkanes) is 28. The SMILES string of the molecule is CCCCCCCCCCCCCCCCCC(=O)[N+](C)(C)Cc1ccccc1.CCCCCCCCCCCCCCCCCC(=O)[N+](C)(C)Cc1ccccc1.O=S(=O)([O-])[O-]. The third-order valence-corrected chi connectivity index (χ3v) is 12.2. The molecule has 63 heavy (non-hydrogen) atoms. The number of hydrogen-bond acceptors (Lipinski definition) is 6. The molecule has 2 rings (SSSR count). The Balaban J connectivity index is 0.00000110. The van der Waals surface area contributed by atoms with Crippen LogP contribution in [0.15, 0.2) is 60.7 Å². The fraction of sp³-hybridized carbons (Fsp3) is 0.741. The Morgan fingerprint density at radius 2 is 0.571 bits per heavy atom. The van der Waals surface area contributed by atoms with E-state index in [1.807, 2.05) is 40.3 Å². The van der Waals surface area contributed by atoms with Gasteiger partial charge >= 0.3 is 11.8 Å². The Kier molecular flexibility index (Phi) is 38.4. The molecular formula is C54H96N2O6S. The number of quaternary nitrogens is 2. The largest absolute Gasteiger partial charge is 0.759 e. The Bertz CT molecular complexity index is 1350. The van der Waals surface area contributed by atoms with Crippen molar-refractivity contribution in [1.29, 1.82) is 0 Å². The Hall–Kier alpha value is -2.43. The van der Waals surface area contributed by atoms with E-state index in [2.05, 4.69) is 62.4 Å². The van der Waals surface area contributed by atoms with Gasteiger partial charge in [0.2, 0.25) is 0 Å². The standard InChI is InChI=1S/2C27H48NO.H2O4S/c2*1-4-5-6-7-8-9-10-11-12-13-14-15-16-17-21-24-27(29)28(2,3)25-26-22-19-18-20-23-26;1-5(2,3)4/h2*18-20,22-23H,4-17,21,24-25H2,1-3H3;(H2,1,2,3,4)/q2*+1;/p-2. The lowest BCUT2D eigenvalue weighted by molar-refractivity contribution is -0.828. The second kappa shape index (κ2) is 39.9. The van der Waals surface area contributed by atoms with Crippen LogP contribution < -0.4 is 0 Å². The molecule has 0 heterocycles. The Morgan fingerprint density at radius 3 is 0.778 bits per heavy atom. The molecule has 364 valence electrons. The molecule has 0 fully saturated rings. The van der Waals surface area contributed by atoms with Crippen molar-refractivity contribution in [1.82, 2.24) is 0 Å². The lowest BCUT2D eigenvalue weighted by atomic mass is 10.0. The zero-order valence-electron chi connectivity index (χ0n) is 41.6. The van der Waals surface area contributed by atoms with Gasteiger partial charge in [0, 0.05) is 21.5 Å². The van der Waals surface area contributed by atoms with Crippen molar-refractivity contribution in [3.63, 3.8) is 0 Å². The van der Waals surface area contributed by atoms with Crippen LogP contribution in [0.2, 0.25) is 0 Å². The molecule has 0 saturated heterocycles. The predicted octanol–water partition coefficient (Wildman–Crippen LogP) is 14.8. The van der Waals surface area contributed by atoms with Gasteiger partial charge < -0.3 is 9.11 Å². The van der Waals surface area contributed by atoms with Gasteiger partial charge in [0.05, 0.1) is 41.0 Å². The zero-order chi connectivity index (χ0) is 46.9. The van der Waals surface area contributed by atoms with Crippen molar-refractivity contribution in [2.45, 2.75) is 232 Å². The van der Waals surface area contributed by atoms with Gasteiger partial charge in [0.1, 0.15) is 13.1 Å². The number of carbonyl (C=O) groups is 2. The fourth-order valence-electron chi connectivity index (χ4n) is 8.16. The van der Waals surface area contributed by atoms with Gasteiger partial charge in [-0.3, -0.25) is 17.4 Å². The minimum atomic E-state index is -5.17.